The second-order valence-electron chi connectivity index (χ2n) is 6.56. The van der Waals surface area contributed by atoms with Gasteiger partial charge in [-0.1, -0.05) is 18.5 Å². The van der Waals surface area contributed by atoms with Crippen LogP contribution in [0.1, 0.15) is 41.3 Å². The first-order valence-corrected chi connectivity index (χ1v) is 9.24. The topological polar surface area (TPSA) is 50.8 Å². The van der Waals surface area contributed by atoms with Crippen molar-refractivity contribution in [1.29, 1.82) is 5.26 Å². The predicted octanol–water partition coefficient (Wildman–Crippen LogP) is 5.29. The van der Waals surface area contributed by atoms with Gasteiger partial charge < -0.3 is 9.30 Å². The number of aryl methyl sites for hydroxylation is 1. The third-order valence-electron chi connectivity index (χ3n) is 4.81. The molecule has 0 aliphatic rings. The molecule has 27 heavy (non-hydrogen) atoms. The molecule has 4 nitrogen and oxygen atoms in total. The summed E-state index contributed by atoms with van der Waals surface area (Å²) in [7, 11) is 0. The Morgan fingerprint density at radius 2 is 2.11 bits per heavy atom. The summed E-state index contributed by atoms with van der Waals surface area (Å²) in [5.41, 5.74) is 4.39. The summed E-state index contributed by atoms with van der Waals surface area (Å²) in [5, 5.41) is 10.7. The molecule has 0 fully saturated rings. The van der Waals surface area contributed by atoms with Crippen molar-refractivity contribution in [3.8, 4) is 6.07 Å². The van der Waals surface area contributed by atoms with Crippen LogP contribution in [-0.4, -0.2) is 16.2 Å². The maximum atomic E-state index is 14.9. The Labute approximate surface area is 163 Å². The summed E-state index contributed by atoms with van der Waals surface area (Å²) < 4.78 is 22.6. The quantitative estimate of drug-likeness (QED) is 0.427. The van der Waals surface area contributed by atoms with Gasteiger partial charge in [0.05, 0.1) is 11.1 Å². The highest BCUT2D eigenvalue weighted by molar-refractivity contribution is 6.29. The van der Waals surface area contributed by atoms with Crippen LogP contribution in [0.4, 0.5) is 4.39 Å². The lowest BCUT2D eigenvalue weighted by molar-refractivity contribution is 0.0791. The molecular formula is C21H21ClFN3O. The summed E-state index contributed by atoms with van der Waals surface area (Å²) in [6.07, 6.45) is 2.89. The van der Waals surface area contributed by atoms with E-state index in [9.17, 15) is 9.65 Å². The Kier molecular flexibility index (Phi) is 5.79. The van der Waals surface area contributed by atoms with Gasteiger partial charge in [0.25, 0.3) is 0 Å². The van der Waals surface area contributed by atoms with E-state index in [2.05, 4.69) is 11.1 Å². The third kappa shape index (κ3) is 3.69. The Bertz CT molecular complexity index is 1040. The molecule has 0 aliphatic heterocycles. The van der Waals surface area contributed by atoms with Crippen molar-refractivity contribution in [2.75, 3.05) is 6.61 Å². The number of benzene rings is 1. The van der Waals surface area contributed by atoms with Gasteiger partial charge in [0, 0.05) is 35.9 Å². The molecule has 0 saturated carbocycles. The van der Waals surface area contributed by atoms with Gasteiger partial charge >= 0.3 is 0 Å². The van der Waals surface area contributed by atoms with Gasteiger partial charge in [0.15, 0.2) is 0 Å². The lowest BCUT2D eigenvalue weighted by Gasteiger charge is -2.12. The van der Waals surface area contributed by atoms with Gasteiger partial charge in [-0.3, -0.25) is 0 Å². The largest absolute Gasteiger partial charge is 0.361 e. The molecule has 0 saturated heterocycles. The van der Waals surface area contributed by atoms with Crippen LogP contribution in [0, 0.1) is 31.0 Å². The summed E-state index contributed by atoms with van der Waals surface area (Å²) in [6.45, 7) is 6.93. The summed E-state index contributed by atoms with van der Waals surface area (Å²) in [5.74, 6) is -0.387. The first-order valence-electron chi connectivity index (χ1n) is 8.87. The summed E-state index contributed by atoms with van der Waals surface area (Å²) >= 11 is 5.98. The van der Waals surface area contributed by atoms with Crippen molar-refractivity contribution < 1.29 is 9.13 Å². The number of hydrogen-bond acceptors (Lipinski definition) is 3. The van der Waals surface area contributed by atoms with Crippen molar-refractivity contribution in [3.05, 3.63) is 63.3 Å². The van der Waals surface area contributed by atoms with Crippen LogP contribution < -0.4 is 0 Å². The van der Waals surface area contributed by atoms with Crippen molar-refractivity contribution >= 4 is 22.5 Å². The van der Waals surface area contributed by atoms with Gasteiger partial charge in [-0.2, -0.15) is 5.26 Å². The second-order valence-corrected chi connectivity index (χ2v) is 6.95. The minimum Gasteiger partial charge on any atom is -0.361 e. The molecule has 0 bridgehead atoms. The maximum Gasteiger partial charge on any atom is 0.129 e. The van der Waals surface area contributed by atoms with Gasteiger partial charge in [-0.25, -0.2) is 9.37 Å². The van der Waals surface area contributed by atoms with Crippen LogP contribution in [0.3, 0.4) is 0 Å². The Morgan fingerprint density at radius 3 is 2.78 bits per heavy atom. The van der Waals surface area contributed by atoms with Crippen LogP contribution in [0.5, 0.6) is 0 Å². The third-order valence-corrected chi connectivity index (χ3v) is 5.01. The molecule has 1 aromatic carbocycles. The summed E-state index contributed by atoms with van der Waals surface area (Å²) in [4.78, 5) is 3.98. The molecule has 0 N–H and O–H groups in total. The smallest absolute Gasteiger partial charge is 0.129 e. The molecule has 3 rings (SSSR count). The minimum atomic E-state index is -0.387. The van der Waals surface area contributed by atoms with Crippen LogP contribution in [0.25, 0.3) is 10.9 Å². The molecule has 0 spiro atoms. The lowest BCUT2D eigenvalue weighted by Crippen LogP contribution is -2.06. The first-order chi connectivity index (χ1) is 13.0. The van der Waals surface area contributed by atoms with Gasteiger partial charge in [0.2, 0.25) is 0 Å². The molecule has 0 atom stereocenters. The number of fused-ring (bicyclic) bond motifs is 1. The fourth-order valence-corrected chi connectivity index (χ4v) is 3.59. The van der Waals surface area contributed by atoms with E-state index in [1.54, 1.807) is 12.3 Å². The van der Waals surface area contributed by atoms with Crippen LogP contribution in [0.15, 0.2) is 24.4 Å². The Morgan fingerprint density at radius 1 is 1.33 bits per heavy atom. The van der Waals surface area contributed by atoms with Gasteiger partial charge in [-0.05, 0) is 49.6 Å². The maximum absolute atomic E-state index is 14.9. The zero-order valence-electron chi connectivity index (χ0n) is 15.6. The van der Waals surface area contributed by atoms with E-state index in [4.69, 9.17) is 16.3 Å². The van der Waals surface area contributed by atoms with Crippen molar-refractivity contribution in [2.24, 2.45) is 0 Å². The molecule has 0 aliphatic carbocycles. The average molecular weight is 386 g/mol. The highest BCUT2D eigenvalue weighted by Gasteiger charge is 2.21. The number of aromatic nitrogens is 2. The molecular weight excluding hydrogens is 365 g/mol. The molecule has 140 valence electrons. The van der Waals surface area contributed by atoms with E-state index < -0.39 is 0 Å². The Balaban J connectivity index is 2.21. The molecule has 0 radical (unpaired) electrons. The molecule has 0 amide bonds. The van der Waals surface area contributed by atoms with E-state index >= 15 is 0 Å². The number of pyridine rings is 1. The number of halogens is 2. The standard InChI is InChI=1S/C21H21ClFN3O/c1-4-7-27-12-26-14(3)13(2)20-17(8-15-5-6-25-19(22)9-15)18(23)10-16(11-24)21(20)26/h5-6,9-10H,4,7-8,12H2,1-3H3. The van der Waals surface area contributed by atoms with Crippen molar-refractivity contribution in [3.63, 3.8) is 0 Å². The molecule has 2 heterocycles. The predicted molar refractivity (Wildman–Crippen MR) is 104 cm³/mol. The molecule has 2 aromatic heterocycles. The lowest BCUT2D eigenvalue weighted by atomic mass is 9.97. The van der Waals surface area contributed by atoms with Crippen LogP contribution in [-0.2, 0) is 17.9 Å². The molecule has 6 heteroatoms. The first kappa shape index (κ1) is 19.3. The highest BCUT2D eigenvalue weighted by Crippen LogP contribution is 2.34. The van der Waals surface area contributed by atoms with E-state index in [0.717, 1.165) is 34.1 Å². The van der Waals surface area contributed by atoms with E-state index in [1.165, 1.54) is 6.07 Å². The number of hydrogen-bond donors (Lipinski definition) is 0. The van der Waals surface area contributed by atoms with E-state index in [1.807, 2.05) is 31.4 Å². The van der Waals surface area contributed by atoms with Gasteiger partial charge in [0.1, 0.15) is 23.8 Å². The number of nitriles is 1. The fourth-order valence-electron chi connectivity index (χ4n) is 3.39. The zero-order valence-corrected chi connectivity index (χ0v) is 16.4. The second kappa shape index (κ2) is 8.08. The van der Waals surface area contributed by atoms with Crippen molar-refractivity contribution in [2.45, 2.75) is 40.3 Å². The van der Waals surface area contributed by atoms with Crippen molar-refractivity contribution in [1.82, 2.24) is 9.55 Å². The Hall–Kier alpha value is -2.42. The normalized spacial score (nSPS) is 11.1. The monoisotopic (exact) mass is 385 g/mol. The van der Waals surface area contributed by atoms with Gasteiger partial charge in [-0.15, -0.1) is 0 Å². The zero-order chi connectivity index (χ0) is 19.6. The minimum absolute atomic E-state index is 0.315. The summed E-state index contributed by atoms with van der Waals surface area (Å²) in [6, 6.07) is 7.00. The molecule has 3 aromatic rings. The highest BCUT2D eigenvalue weighted by atomic mass is 35.5. The average Bonchev–Trinajstić information content (AvgIpc) is 2.89. The van der Waals surface area contributed by atoms with E-state index in [0.29, 0.717) is 36.0 Å². The van der Waals surface area contributed by atoms with Crippen LogP contribution in [0.2, 0.25) is 5.15 Å². The van der Waals surface area contributed by atoms with E-state index in [-0.39, 0.29) is 5.82 Å². The number of rotatable bonds is 6. The number of ether oxygens (including phenoxy) is 1. The van der Waals surface area contributed by atoms with Crippen LogP contribution >= 0.6 is 11.6 Å². The molecule has 0 unspecified atom stereocenters. The number of nitrogens with zero attached hydrogens (tertiary/aromatic N) is 3. The fraction of sp³-hybridized carbons (Fsp3) is 0.333. The SMILES string of the molecule is CCCOCn1c(C)c(C)c2c(Cc3ccnc(Cl)c3)c(F)cc(C#N)c21.